The average Bonchev–Trinajstić information content (AvgIpc) is 2.71. The second kappa shape index (κ2) is 7.94. The highest BCUT2D eigenvalue weighted by Gasteiger charge is 2.12. The third-order valence-electron chi connectivity index (χ3n) is 3.39. The van der Waals surface area contributed by atoms with Gasteiger partial charge in [0.1, 0.15) is 0 Å². The maximum absolute atomic E-state index is 11.6. The summed E-state index contributed by atoms with van der Waals surface area (Å²) in [4.78, 5) is 13.6. The van der Waals surface area contributed by atoms with Gasteiger partial charge in [0.2, 0.25) is 0 Å². The molecule has 1 rings (SSSR count). The Morgan fingerprint density at radius 2 is 1.71 bits per heavy atom. The van der Waals surface area contributed by atoms with Crippen LogP contribution in [0.5, 0.6) is 0 Å². The largest absolute Gasteiger partial charge is 0.294 e. The Morgan fingerprint density at radius 1 is 1.05 bits per heavy atom. The van der Waals surface area contributed by atoms with E-state index < -0.39 is 0 Å². The normalized spacial score (nSPS) is 13.6. The zero-order chi connectivity index (χ0) is 16.0. The maximum atomic E-state index is 11.6. The lowest BCUT2D eigenvalue weighted by Crippen LogP contribution is -1.90. The summed E-state index contributed by atoms with van der Waals surface area (Å²) >= 11 is 1.58. The van der Waals surface area contributed by atoms with E-state index in [4.69, 9.17) is 0 Å². The molecule has 1 aromatic rings. The number of Topliss-reactive ketones (excluding diaryl/α,β-unsaturated/α-hetero) is 1. The summed E-state index contributed by atoms with van der Waals surface area (Å²) in [6, 6.07) is 0. The molecular formula is C19H24OS. The van der Waals surface area contributed by atoms with Gasteiger partial charge in [0.25, 0.3) is 0 Å². The molecule has 0 aliphatic heterocycles. The van der Waals surface area contributed by atoms with Crippen molar-refractivity contribution < 1.29 is 4.79 Å². The maximum Gasteiger partial charge on any atom is 0.170 e. The minimum atomic E-state index is 0.150. The highest BCUT2D eigenvalue weighted by molar-refractivity contribution is 7.14. The number of aryl methyl sites for hydroxylation is 1. The Morgan fingerprint density at radius 3 is 2.24 bits per heavy atom. The molecule has 0 aromatic carbocycles. The van der Waals surface area contributed by atoms with E-state index in [1.807, 2.05) is 13.8 Å². The lowest BCUT2D eigenvalue weighted by molar-refractivity contribution is 0.102. The molecule has 0 saturated carbocycles. The highest BCUT2D eigenvalue weighted by Crippen LogP contribution is 2.29. The second-order valence-corrected chi connectivity index (χ2v) is 6.44. The van der Waals surface area contributed by atoms with E-state index >= 15 is 0 Å². The summed E-state index contributed by atoms with van der Waals surface area (Å²) < 4.78 is 0. The van der Waals surface area contributed by atoms with Gasteiger partial charge in [-0.2, -0.15) is 0 Å². The van der Waals surface area contributed by atoms with Gasteiger partial charge in [-0.05, 0) is 52.7 Å². The van der Waals surface area contributed by atoms with Crippen LogP contribution in [0.1, 0.15) is 53.4 Å². The predicted molar refractivity (Wildman–Crippen MR) is 95.2 cm³/mol. The Bertz CT molecular complexity index is 637. The number of allylic oxidation sites excluding steroid dienone is 7. The van der Waals surface area contributed by atoms with Crippen LogP contribution >= 0.6 is 11.3 Å². The molecule has 0 aliphatic rings. The number of carbonyl (C=O) groups is 1. The minimum Gasteiger partial charge on any atom is -0.294 e. The van der Waals surface area contributed by atoms with Crippen LogP contribution in [-0.2, 0) is 0 Å². The molecule has 0 aliphatic carbocycles. The summed E-state index contributed by atoms with van der Waals surface area (Å²) in [5, 5.41) is 0. The molecular weight excluding hydrogens is 276 g/mol. The van der Waals surface area contributed by atoms with Crippen LogP contribution in [-0.4, -0.2) is 5.78 Å². The lowest BCUT2D eigenvalue weighted by atomic mass is 10.1. The zero-order valence-corrected chi connectivity index (χ0v) is 14.6. The van der Waals surface area contributed by atoms with Gasteiger partial charge < -0.3 is 0 Å². The molecule has 0 amide bonds. The number of hydrogen-bond acceptors (Lipinski definition) is 2. The number of rotatable bonds is 5. The van der Waals surface area contributed by atoms with Crippen LogP contribution in [0.15, 0.2) is 41.5 Å². The van der Waals surface area contributed by atoms with Gasteiger partial charge in [-0.3, -0.25) is 4.79 Å². The van der Waals surface area contributed by atoms with Crippen molar-refractivity contribution in [3.05, 3.63) is 62.4 Å². The smallest absolute Gasteiger partial charge is 0.170 e. The van der Waals surface area contributed by atoms with Crippen LogP contribution in [0, 0.1) is 13.8 Å². The lowest BCUT2D eigenvalue weighted by Gasteiger charge is -1.96. The Labute approximate surface area is 132 Å². The van der Waals surface area contributed by atoms with Crippen molar-refractivity contribution in [3.63, 3.8) is 0 Å². The third kappa shape index (κ3) is 4.98. The van der Waals surface area contributed by atoms with Crippen molar-refractivity contribution in [2.45, 2.75) is 41.5 Å². The van der Waals surface area contributed by atoms with Crippen LogP contribution in [0.2, 0.25) is 0 Å². The predicted octanol–water partition coefficient (Wildman–Crippen LogP) is 6.05. The molecule has 0 radical (unpaired) electrons. The standard InChI is InChI=1S/C19H24OS/c1-7-13(2)9-8-10-14(3)11-12-18-15(4)19(16(5)20)21-17(18)6/h7-12H,1-6H3/b9-8+,12-11?,13-7+,14-10+. The molecule has 0 N–H and O–H groups in total. The van der Waals surface area contributed by atoms with Crippen molar-refractivity contribution in [1.82, 2.24) is 0 Å². The first-order chi connectivity index (χ1) is 9.86. The molecule has 0 bridgehead atoms. The Kier molecular flexibility index (Phi) is 6.57. The molecule has 0 fully saturated rings. The number of hydrogen-bond donors (Lipinski definition) is 0. The highest BCUT2D eigenvalue weighted by atomic mass is 32.1. The van der Waals surface area contributed by atoms with Gasteiger partial charge in [-0.1, -0.05) is 47.6 Å². The number of ketones is 1. The van der Waals surface area contributed by atoms with Crippen LogP contribution < -0.4 is 0 Å². The summed E-state index contributed by atoms with van der Waals surface area (Å²) in [6.45, 7) is 11.9. The van der Waals surface area contributed by atoms with Gasteiger partial charge in [0, 0.05) is 4.88 Å². The fraction of sp³-hybridized carbons (Fsp3) is 0.316. The van der Waals surface area contributed by atoms with E-state index in [-0.39, 0.29) is 5.78 Å². The van der Waals surface area contributed by atoms with Crippen molar-refractivity contribution >= 4 is 23.2 Å². The summed E-state index contributed by atoms with van der Waals surface area (Å²) in [5.41, 5.74) is 4.70. The fourth-order valence-corrected chi connectivity index (χ4v) is 3.01. The monoisotopic (exact) mass is 300 g/mol. The van der Waals surface area contributed by atoms with E-state index in [1.54, 1.807) is 18.3 Å². The van der Waals surface area contributed by atoms with Crippen LogP contribution in [0.4, 0.5) is 0 Å². The summed E-state index contributed by atoms with van der Waals surface area (Å²) in [6.07, 6.45) is 12.5. The fourth-order valence-electron chi connectivity index (χ4n) is 1.97. The van der Waals surface area contributed by atoms with Crippen molar-refractivity contribution in [3.8, 4) is 0 Å². The molecule has 21 heavy (non-hydrogen) atoms. The molecule has 1 heterocycles. The first kappa shape index (κ1) is 17.4. The van der Waals surface area contributed by atoms with Gasteiger partial charge >= 0.3 is 0 Å². The third-order valence-corrected chi connectivity index (χ3v) is 4.71. The van der Waals surface area contributed by atoms with E-state index in [1.165, 1.54) is 21.6 Å². The molecule has 1 nitrogen and oxygen atoms in total. The topological polar surface area (TPSA) is 17.1 Å². The van der Waals surface area contributed by atoms with Gasteiger partial charge in [-0.25, -0.2) is 0 Å². The van der Waals surface area contributed by atoms with Crippen molar-refractivity contribution in [2.75, 3.05) is 0 Å². The van der Waals surface area contributed by atoms with E-state index in [0.717, 1.165) is 10.4 Å². The minimum absolute atomic E-state index is 0.150. The average molecular weight is 300 g/mol. The summed E-state index contributed by atoms with van der Waals surface area (Å²) in [5.74, 6) is 0.150. The molecule has 0 atom stereocenters. The van der Waals surface area contributed by atoms with E-state index in [2.05, 4.69) is 57.2 Å². The van der Waals surface area contributed by atoms with Crippen molar-refractivity contribution in [1.29, 1.82) is 0 Å². The quantitative estimate of drug-likeness (QED) is 0.478. The number of thiophene rings is 1. The molecule has 0 unspecified atom stereocenters. The van der Waals surface area contributed by atoms with Gasteiger partial charge in [0.05, 0.1) is 4.88 Å². The van der Waals surface area contributed by atoms with E-state index in [9.17, 15) is 4.79 Å². The zero-order valence-electron chi connectivity index (χ0n) is 13.8. The molecule has 2 heteroatoms. The molecule has 1 aromatic heterocycles. The second-order valence-electron chi connectivity index (χ2n) is 5.22. The van der Waals surface area contributed by atoms with Crippen LogP contribution in [0.3, 0.4) is 0 Å². The van der Waals surface area contributed by atoms with Crippen LogP contribution in [0.25, 0.3) is 6.08 Å². The molecule has 0 spiro atoms. The SMILES string of the molecule is C/C=C(C)/C=C/C=C(\C)C=Cc1c(C)sc(C(C)=O)c1C. The van der Waals surface area contributed by atoms with Gasteiger partial charge in [-0.15, -0.1) is 11.3 Å². The molecule has 112 valence electrons. The molecule has 0 saturated heterocycles. The number of carbonyl (C=O) groups excluding carboxylic acids is 1. The van der Waals surface area contributed by atoms with E-state index in [0.29, 0.717) is 0 Å². The van der Waals surface area contributed by atoms with Gasteiger partial charge in [0.15, 0.2) is 5.78 Å². The summed E-state index contributed by atoms with van der Waals surface area (Å²) in [7, 11) is 0. The van der Waals surface area contributed by atoms with Crippen molar-refractivity contribution in [2.24, 2.45) is 0 Å². The Hall–Kier alpha value is -1.67. The Balaban J connectivity index is 2.93. The first-order valence-corrected chi connectivity index (χ1v) is 7.95. The first-order valence-electron chi connectivity index (χ1n) is 7.13.